The SMILES string of the molecule is O=C(C=Cc1ccc(C(F)(F)F)cc1)NCCCCCC(=O)NO. The second-order valence-corrected chi connectivity index (χ2v) is 5.09. The molecule has 5 nitrogen and oxygen atoms in total. The lowest BCUT2D eigenvalue weighted by Crippen LogP contribution is -2.22. The van der Waals surface area contributed by atoms with Crippen LogP contribution in [0.25, 0.3) is 6.08 Å². The molecule has 0 unspecified atom stereocenters. The van der Waals surface area contributed by atoms with Crippen molar-refractivity contribution in [2.45, 2.75) is 31.9 Å². The number of hydroxylamine groups is 1. The number of unbranched alkanes of at least 4 members (excludes halogenated alkanes) is 2. The molecule has 1 aromatic carbocycles. The second-order valence-electron chi connectivity index (χ2n) is 5.09. The molecular formula is C16H19F3N2O3. The summed E-state index contributed by atoms with van der Waals surface area (Å²) < 4.78 is 37.2. The number of carbonyl (C=O) groups excluding carboxylic acids is 2. The highest BCUT2D eigenvalue weighted by Gasteiger charge is 2.29. The van der Waals surface area contributed by atoms with Crippen LogP contribution in [0, 0.1) is 0 Å². The first-order chi connectivity index (χ1) is 11.3. The molecule has 0 aliphatic carbocycles. The van der Waals surface area contributed by atoms with Crippen molar-refractivity contribution in [1.29, 1.82) is 0 Å². The molecule has 0 radical (unpaired) electrons. The van der Waals surface area contributed by atoms with Gasteiger partial charge in [0.15, 0.2) is 0 Å². The summed E-state index contributed by atoms with van der Waals surface area (Å²) in [6.07, 6.45) is 0.525. The van der Waals surface area contributed by atoms with Crippen LogP contribution in [0.3, 0.4) is 0 Å². The molecule has 1 aromatic rings. The predicted octanol–water partition coefficient (Wildman–Crippen LogP) is 2.90. The summed E-state index contributed by atoms with van der Waals surface area (Å²) in [6, 6.07) is 4.50. The molecule has 0 bridgehead atoms. The molecule has 0 aromatic heterocycles. The topological polar surface area (TPSA) is 78.4 Å². The molecule has 0 atom stereocenters. The summed E-state index contributed by atoms with van der Waals surface area (Å²) in [7, 11) is 0. The van der Waals surface area contributed by atoms with Gasteiger partial charge in [0.05, 0.1) is 5.56 Å². The monoisotopic (exact) mass is 344 g/mol. The molecule has 132 valence electrons. The van der Waals surface area contributed by atoms with E-state index in [4.69, 9.17) is 5.21 Å². The minimum absolute atomic E-state index is 0.221. The Balaban J connectivity index is 2.27. The van der Waals surface area contributed by atoms with Crippen LogP contribution >= 0.6 is 0 Å². The Bertz CT molecular complexity index is 569. The quantitative estimate of drug-likeness (QED) is 0.294. The Labute approximate surface area is 137 Å². The van der Waals surface area contributed by atoms with Crippen LogP contribution in [0.4, 0.5) is 13.2 Å². The highest BCUT2D eigenvalue weighted by atomic mass is 19.4. The fourth-order valence-corrected chi connectivity index (χ4v) is 1.87. The van der Waals surface area contributed by atoms with Gasteiger partial charge >= 0.3 is 6.18 Å². The summed E-state index contributed by atoms with van der Waals surface area (Å²) in [5.41, 5.74) is 1.29. The number of halogens is 3. The molecule has 8 heteroatoms. The van der Waals surface area contributed by atoms with Crippen molar-refractivity contribution in [1.82, 2.24) is 10.8 Å². The third-order valence-electron chi connectivity index (χ3n) is 3.17. The van der Waals surface area contributed by atoms with Gasteiger partial charge in [-0.25, -0.2) is 5.48 Å². The third-order valence-corrected chi connectivity index (χ3v) is 3.17. The lowest BCUT2D eigenvalue weighted by molar-refractivity contribution is -0.137. The van der Waals surface area contributed by atoms with Crippen molar-refractivity contribution < 1.29 is 28.0 Å². The molecule has 1 rings (SSSR count). The van der Waals surface area contributed by atoms with Crippen LogP contribution < -0.4 is 10.8 Å². The molecule has 0 aliphatic rings. The van der Waals surface area contributed by atoms with Gasteiger partial charge in [-0.2, -0.15) is 13.2 Å². The van der Waals surface area contributed by atoms with Crippen molar-refractivity contribution in [3.63, 3.8) is 0 Å². The zero-order chi connectivity index (χ0) is 18.0. The Morgan fingerprint density at radius 2 is 1.75 bits per heavy atom. The number of alkyl halides is 3. The van der Waals surface area contributed by atoms with Crippen LogP contribution in [0.2, 0.25) is 0 Å². The van der Waals surface area contributed by atoms with E-state index in [1.54, 1.807) is 0 Å². The number of carbonyl (C=O) groups is 2. The lowest BCUT2D eigenvalue weighted by atomic mass is 10.1. The van der Waals surface area contributed by atoms with Crippen molar-refractivity contribution in [2.24, 2.45) is 0 Å². The number of amides is 2. The van der Waals surface area contributed by atoms with E-state index < -0.39 is 17.6 Å². The molecule has 0 aliphatic heterocycles. The smallest absolute Gasteiger partial charge is 0.353 e. The summed E-state index contributed by atoms with van der Waals surface area (Å²) >= 11 is 0. The van der Waals surface area contributed by atoms with Crippen LogP contribution in [0.1, 0.15) is 36.8 Å². The van der Waals surface area contributed by atoms with Gasteiger partial charge in [-0.05, 0) is 36.6 Å². The molecule has 24 heavy (non-hydrogen) atoms. The van der Waals surface area contributed by atoms with Crippen LogP contribution in [-0.4, -0.2) is 23.6 Å². The second kappa shape index (κ2) is 9.71. The summed E-state index contributed by atoms with van der Waals surface area (Å²) in [4.78, 5) is 22.3. The largest absolute Gasteiger partial charge is 0.416 e. The molecule has 0 saturated carbocycles. The molecule has 3 N–H and O–H groups in total. The van der Waals surface area contributed by atoms with Gasteiger partial charge in [-0.1, -0.05) is 18.6 Å². The van der Waals surface area contributed by atoms with E-state index >= 15 is 0 Å². The molecule has 0 heterocycles. The maximum Gasteiger partial charge on any atom is 0.416 e. The van der Waals surface area contributed by atoms with E-state index in [9.17, 15) is 22.8 Å². The first-order valence-corrected chi connectivity index (χ1v) is 7.39. The van der Waals surface area contributed by atoms with Gasteiger partial charge in [0, 0.05) is 19.0 Å². The Morgan fingerprint density at radius 1 is 1.08 bits per heavy atom. The minimum atomic E-state index is -4.38. The number of hydrogen-bond acceptors (Lipinski definition) is 3. The molecule has 2 amide bonds. The van der Waals surface area contributed by atoms with Gasteiger partial charge in [0.25, 0.3) is 0 Å². The van der Waals surface area contributed by atoms with Gasteiger partial charge in [0.2, 0.25) is 11.8 Å². The van der Waals surface area contributed by atoms with E-state index in [1.807, 2.05) is 0 Å². The average Bonchev–Trinajstić information content (AvgIpc) is 2.55. The zero-order valence-electron chi connectivity index (χ0n) is 12.9. The lowest BCUT2D eigenvalue weighted by Gasteiger charge is -2.06. The molecule has 0 spiro atoms. The van der Waals surface area contributed by atoms with Gasteiger partial charge in [0.1, 0.15) is 0 Å². The first-order valence-electron chi connectivity index (χ1n) is 7.39. The van der Waals surface area contributed by atoms with E-state index in [0.717, 1.165) is 18.6 Å². The van der Waals surface area contributed by atoms with E-state index in [1.165, 1.54) is 29.8 Å². The Hall–Kier alpha value is -2.35. The van der Waals surface area contributed by atoms with Gasteiger partial charge < -0.3 is 5.32 Å². The standard InChI is InChI=1S/C16H19F3N2O3/c17-16(18,19)13-8-5-12(6-9-13)7-10-14(22)20-11-3-1-2-4-15(23)21-24/h5-10,24H,1-4,11H2,(H,20,22)(H,21,23). The van der Waals surface area contributed by atoms with Crippen molar-refractivity contribution >= 4 is 17.9 Å². The Morgan fingerprint density at radius 3 is 2.33 bits per heavy atom. The molecule has 0 saturated heterocycles. The minimum Gasteiger partial charge on any atom is -0.353 e. The first kappa shape index (κ1) is 19.7. The summed E-state index contributed by atoms with van der Waals surface area (Å²) in [5, 5.41) is 10.9. The predicted molar refractivity (Wildman–Crippen MR) is 81.9 cm³/mol. The summed E-state index contributed by atoms with van der Waals surface area (Å²) in [5.74, 6) is -0.790. The fraction of sp³-hybridized carbons (Fsp3) is 0.375. The van der Waals surface area contributed by atoms with E-state index in [2.05, 4.69) is 5.32 Å². The average molecular weight is 344 g/mol. The number of hydrogen-bond donors (Lipinski definition) is 3. The number of benzene rings is 1. The maximum absolute atomic E-state index is 12.4. The highest BCUT2D eigenvalue weighted by Crippen LogP contribution is 2.29. The number of rotatable bonds is 8. The fourth-order valence-electron chi connectivity index (χ4n) is 1.87. The maximum atomic E-state index is 12.4. The van der Waals surface area contributed by atoms with Gasteiger partial charge in [-0.3, -0.25) is 14.8 Å². The zero-order valence-corrected chi connectivity index (χ0v) is 12.9. The van der Waals surface area contributed by atoms with Gasteiger partial charge in [-0.15, -0.1) is 0 Å². The summed E-state index contributed by atoms with van der Waals surface area (Å²) in [6.45, 7) is 0.428. The number of nitrogens with one attached hydrogen (secondary N) is 2. The van der Waals surface area contributed by atoms with E-state index in [0.29, 0.717) is 24.9 Å². The molecule has 0 fully saturated rings. The highest BCUT2D eigenvalue weighted by molar-refractivity contribution is 5.91. The normalized spacial score (nSPS) is 11.5. The van der Waals surface area contributed by atoms with Crippen molar-refractivity contribution in [3.8, 4) is 0 Å². The van der Waals surface area contributed by atoms with Crippen LogP contribution in [0.5, 0.6) is 0 Å². The van der Waals surface area contributed by atoms with E-state index in [-0.39, 0.29) is 12.3 Å². The van der Waals surface area contributed by atoms with Crippen LogP contribution in [-0.2, 0) is 15.8 Å². The third kappa shape index (κ3) is 7.77. The molecular weight excluding hydrogens is 325 g/mol. The van der Waals surface area contributed by atoms with Crippen molar-refractivity contribution in [2.75, 3.05) is 6.54 Å². The van der Waals surface area contributed by atoms with Crippen molar-refractivity contribution in [3.05, 3.63) is 41.5 Å². The van der Waals surface area contributed by atoms with Crippen LogP contribution in [0.15, 0.2) is 30.3 Å². The Kier molecular flexibility index (Phi) is 7.97.